The van der Waals surface area contributed by atoms with Crippen LogP contribution in [0.2, 0.25) is 10.0 Å². The van der Waals surface area contributed by atoms with Crippen LogP contribution >= 0.6 is 23.2 Å². The van der Waals surface area contributed by atoms with Crippen LogP contribution in [0, 0.1) is 17.7 Å². The highest BCUT2D eigenvalue weighted by atomic mass is 35.5. The predicted octanol–water partition coefficient (Wildman–Crippen LogP) is 4.07. The summed E-state index contributed by atoms with van der Waals surface area (Å²) in [6, 6.07) is 11.2. The highest BCUT2D eigenvalue weighted by Crippen LogP contribution is 2.39. The third-order valence-corrected chi connectivity index (χ3v) is 4.89. The van der Waals surface area contributed by atoms with Gasteiger partial charge in [-0.2, -0.15) is 0 Å². The van der Waals surface area contributed by atoms with Gasteiger partial charge in [0, 0.05) is 16.6 Å². The van der Waals surface area contributed by atoms with Gasteiger partial charge in [-0.25, -0.2) is 4.39 Å². The highest BCUT2D eigenvalue weighted by Gasteiger charge is 2.48. The SMILES string of the molecule is O=C(NCCc1ccc(Cl)cc1Cl)C1CC1C(=O)Nc1ccccc1F. The summed E-state index contributed by atoms with van der Waals surface area (Å²) in [6.45, 7) is 0.415. The average molecular weight is 395 g/mol. The van der Waals surface area contributed by atoms with Gasteiger partial charge in [0.25, 0.3) is 0 Å². The molecule has 0 bridgehead atoms. The summed E-state index contributed by atoms with van der Waals surface area (Å²) in [5, 5.41) is 6.45. The van der Waals surface area contributed by atoms with Gasteiger partial charge in [0.05, 0.1) is 17.5 Å². The first kappa shape index (κ1) is 18.7. The molecule has 0 saturated heterocycles. The molecular weight excluding hydrogens is 378 g/mol. The molecule has 2 amide bonds. The summed E-state index contributed by atoms with van der Waals surface area (Å²) in [4.78, 5) is 24.3. The summed E-state index contributed by atoms with van der Waals surface area (Å²) in [5.41, 5.74) is 1.02. The van der Waals surface area contributed by atoms with E-state index in [0.717, 1.165) is 5.56 Å². The van der Waals surface area contributed by atoms with Crippen LogP contribution in [0.4, 0.5) is 10.1 Å². The first-order valence-corrected chi connectivity index (χ1v) is 8.98. The number of carbonyl (C=O) groups excluding carboxylic acids is 2. The van der Waals surface area contributed by atoms with E-state index in [1.807, 2.05) is 6.07 Å². The Balaban J connectivity index is 1.45. The van der Waals surface area contributed by atoms with Crippen molar-refractivity contribution in [2.24, 2.45) is 11.8 Å². The fraction of sp³-hybridized carbons (Fsp3) is 0.263. The van der Waals surface area contributed by atoms with Gasteiger partial charge in [-0.15, -0.1) is 0 Å². The second-order valence-electron chi connectivity index (χ2n) is 6.19. The molecule has 4 nitrogen and oxygen atoms in total. The molecule has 7 heteroatoms. The fourth-order valence-electron chi connectivity index (χ4n) is 2.74. The summed E-state index contributed by atoms with van der Waals surface area (Å²) in [5.74, 6) is -1.81. The smallest absolute Gasteiger partial charge is 0.228 e. The molecule has 0 aromatic heterocycles. The van der Waals surface area contributed by atoms with Crippen molar-refractivity contribution in [2.75, 3.05) is 11.9 Å². The zero-order valence-electron chi connectivity index (χ0n) is 13.8. The van der Waals surface area contributed by atoms with Crippen LogP contribution in [0.5, 0.6) is 0 Å². The van der Waals surface area contributed by atoms with Gasteiger partial charge in [-0.1, -0.05) is 41.4 Å². The van der Waals surface area contributed by atoms with Gasteiger partial charge in [-0.05, 0) is 42.7 Å². The normalized spacial score (nSPS) is 18.3. The molecule has 1 fully saturated rings. The Morgan fingerprint density at radius 1 is 1.08 bits per heavy atom. The van der Waals surface area contributed by atoms with E-state index in [0.29, 0.717) is 29.4 Å². The number of hydrogen-bond acceptors (Lipinski definition) is 2. The van der Waals surface area contributed by atoms with Crippen molar-refractivity contribution in [1.82, 2.24) is 5.32 Å². The minimum atomic E-state index is -0.498. The molecule has 1 aliphatic rings. The lowest BCUT2D eigenvalue weighted by Gasteiger charge is -2.08. The number of anilines is 1. The van der Waals surface area contributed by atoms with Crippen LogP contribution in [0.25, 0.3) is 0 Å². The third kappa shape index (κ3) is 4.54. The number of carbonyl (C=O) groups is 2. The topological polar surface area (TPSA) is 58.2 Å². The van der Waals surface area contributed by atoms with Crippen molar-refractivity contribution in [3.63, 3.8) is 0 Å². The van der Waals surface area contributed by atoms with Gasteiger partial charge in [0.15, 0.2) is 0 Å². The molecule has 0 radical (unpaired) electrons. The number of benzene rings is 2. The van der Waals surface area contributed by atoms with Gasteiger partial charge in [0.1, 0.15) is 5.82 Å². The Labute approximate surface area is 160 Å². The quantitative estimate of drug-likeness (QED) is 0.775. The number of rotatable bonds is 6. The Hall–Kier alpha value is -2.11. The predicted molar refractivity (Wildman–Crippen MR) is 99.8 cm³/mol. The molecule has 136 valence electrons. The maximum absolute atomic E-state index is 13.6. The average Bonchev–Trinajstić information content (AvgIpc) is 3.40. The van der Waals surface area contributed by atoms with Crippen LogP contribution < -0.4 is 10.6 Å². The number of halogens is 3. The lowest BCUT2D eigenvalue weighted by atomic mass is 10.1. The molecule has 2 unspecified atom stereocenters. The van der Waals surface area contributed by atoms with E-state index in [1.165, 1.54) is 12.1 Å². The van der Waals surface area contributed by atoms with Gasteiger partial charge >= 0.3 is 0 Å². The van der Waals surface area contributed by atoms with E-state index < -0.39 is 11.7 Å². The Bertz CT molecular complexity index is 844. The molecule has 26 heavy (non-hydrogen) atoms. The van der Waals surface area contributed by atoms with Gasteiger partial charge in [0.2, 0.25) is 11.8 Å². The zero-order chi connectivity index (χ0) is 18.7. The molecule has 1 saturated carbocycles. The molecule has 2 N–H and O–H groups in total. The summed E-state index contributed by atoms with van der Waals surface area (Å²) in [7, 11) is 0. The molecule has 2 aromatic rings. The molecule has 0 heterocycles. The maximum Gasteiger partial charge on any atom is 0.228 e. The van der Waals surface area contributed by atoms with E-state index in [4.69, 9.17) is 23.2 Å². The van der Waals surface area contributed by atoms with Gasteiger partial charge in [-0.3, -0.25) is 9.59 Å². The van der Waals surface area contributed by atoms with Crippen molar-refractivity contribution in [1.29, 1.82) is 0 Å². The summed E-state index contributed by atoms with van der Waals surface area (Å²) >= 11 is 11.9. The summed E-state index contributed by atoms with van der Waals surface area (Å²) in [6.07, 6.45) is 1.04. The van der Waals surface area contributed by atoms with E-state index in [2.05, 4.69) is 10.6 Å². The second-order valence-corrected chi connectivity index (χ2v) is 7.04. The molecule has 1 aliphatic carbocycles. The fourth-order valence-corrected chi connectivity index (χ4v) is 3.24. The molecule has 0 spiro atoms. The van der Waals surface area contributed by atoms with E-state index >= 15 is 0 Å². The van der Waals surface area contributed by atoms with Crippen LogP contribution in [0.3, 0.4) is 0 Å². The second kappa shape index (κ2) is 8.06. The van der Waals surface area contributed by atoms with Crippen molar-refractivity contribution in [3.05, 3.63) is 63.9 Å². The van der Waals surface area contributed by atoms with Gasteiger partial charge < -0.3 is 10.6 Å². The molecule has 3 rings (SSSR count). The van der Waals surface area contributed by atoms with E-state index in [-0.39, 0.29) is 23.4 Å². The third-order valence-electron chi connectivity index (χ3n) is 4.30. The van der Waals surface area contributed by atoms with Crippen LogP contribution in [-0.4, -0.2) is 18.4 Å². The zero-order valence-corrected chi connectivity index (χ0v) is 15.3. The molecular formula is C19H17Cl2FN2O2. The van der Waals surface area contributed by atoms with Crippen molar-refractivity contribution >= 4 is 40.7 Å². The van der Waals surface area contributed by atoms with E-state index in [9.17, 15) is 14.0 Å². The Morgan fingerprint density at radius 3 is 2.54 bits per heavy atom. The van der Waals surface area contributed by atoms with Crippen molar-refractivity contribution < 1.29 is 14.0 Å². The monoisotopic (exact) mass is 394 g/mol. The number of nitrogens with one attached hydrogen (secondary N) is 2. The standard InChI is InChI=1S/C19H17Cl2FN2O2/c20-12-6-5-11(15(21)9-12)7-8-23-18(25)13-10-14(13)19(26)24-17-4-2-1-3-16(17)22/h1-6,9,13-14H,7-8,10H2,(H,23,25)(H,24,26). The number of amides is 2. The minimum absolute atomic E-state index is 0.126. The van der Waals surface area contributed by atoms with Crippen LogP contribution in [0.15, 0.2) is 42.5 Å². The lowest BCUT2D eigenvalue weighted by molar-refractivity contribution is -0.125. The molecule has 0 aliphatic heterocycles. The van der Waals surface area contributed by atoms with Crippen molar-refractivity contribution in [2.45, 2.75) is 12.8 Å². The summed E-state index contributed by atoms with van der Waals surface area (Å²) < 4.78 is 13.6. The van der Waals surface area contributed by atoms with Crippen molar-refractivity contribution in [3.8, 4) is 0 Å². The first-order valence-electron chi connectivity index (χ1n) is 8.22. The Morgan fingerprint density at radius 2 is 1.81 bits per heavy atom. The lowest BCUT2D eigenvalue weighted by Crippen LogP contribution is -2.29. The van der Waals surface area contributed by atoms with Crippen LogP contribution in [-0.2, 0) is 16.0 Å². The maximum atomic E-state index is 13.6. The number of para-hydroxylation sites is 1. The van der Waals surface area contributed by atoms with E-state index in [1.54, 1.807) is 24.3 Å². The first-order chi connectivity index (χ1) is 12.5. The minimum Gasteiger partial charge on any atom is -0.356 e. The highest BCUT2D eigenvalue weighted by molar-refractivity contribution is 6.35. The Kier molecular flexibility index (Phi) is 5.79. The largest absolute Gasteiger partial charge is 0.356 e. The molecule has 2 atom stereocenters. The molecule has 2 aromatic carbocycles. The van der Waals surface area contributed by atoms with Crippen LogP contribution in [0.1, 0.15) is 12.0 Å². The number of hydrogen-bond donors (Lipinski definition) is 2.